The Balaban J connectivity index is 0.00000115. The molecule has 2 N–H and O–H groups in total. The molecular weight excluding hydrogens is 517 g/mol. The molecule has 1 saturated heterocycles. The van der Waals surface area contributed by atoms with Gasteiger partial charge in [0.25, 0.3) is 16.5 Å². The lowest BCUT2D eigenvalue weighted by atomic mass is 10.1. The average molecular weight is 543 g/mol. The summed E-state index contributed by atoms with van der Waals surface area (Å²) in [5.74, 6) is -2.59. The second-order valence-corrected chi connectivity index (χ2v) is 10.5. The summed E-state index contributed by atoms with van der Waals surface area (Å²) in [6.07, 6.45) is 0.750. The van der Waals surface area contributed by atoms with E-state index in [4.69, 9.17) is 9.90 Å². The minimum atomic E-state index is -4.49. The van der Waals surface area contributed by atoms with Crippen LogP contribution < -0.4 is 9.62 Å². The van der Waals surface area contributed by atoms with Gasteiger partial charge in [-0.05, 0) is 37.1 Å². The molecule has 13 heteroatoms. The van der Waals surface area contributed by atoms with Gasteiger partial charge >= 0.3 is 0 Å². The molecule has 0 spiro atoms. The molecule has 3 aromatic rings. The first-order valence-electron chi connectivity index (χ1n) is 10.7. The number of nitrogens with one attached hydrogen (secondary N) is 1. The Hall–Kier alpha value is -3.16. The topological polar surface area (TPSA) is 103 Å². The van der Waals surface area contributed by atoms with E-state index in [2.05, 4.69) is 14.6 Å². The van der Waals surface area contributed by atoms with Crippen molar-refractivity contribution in [1.29, 1.82) is 0 Å². The van der Waals surface area contributed by atoms with Crippen molar-refractivity contribution in [2.75, 3.05) is 29.8 Å². The standard InChI is InChI=1S/C22H23F3N4O2S2.CH2O2/c1-14-19(9-18(24)22(21(14)25)33(30,31)27-20-12-32-13-26-20)28(2)17-6-7-29(11-17)10-15-4-3-5-16(23)8-15;2-1-3/h3-5,8-9,12-13,17,27H,6-7,10-11H2,1-2H3;1H,(H,2,3)/t17-;/m0./s1. The van der Waals surface area contributed by atoms with Gasteiger partial charge in [0.15, 0.2) is 16.5 Å². The molecule has 1 fully saturated rings. The average Bonchev–Trinajstić information content (AvgIpc) is 3.48. The van der Waals surface area contributed by atoms with Gasteiger partial charge in [0.1, 0.15) is 11.6 Å². The van der Waals surface area contributed by atoms with E-state index in [1.807, 2.05) is 6.07 Å². The van der Waals surface area contributed by atoms with E-state index in [9.17, 15) is 17.2 Å². The Bertz CT molecular complexity index is 1310. The highest BCUT2D eigenvalue weighted by Gasteiger charge is 2.32. The van der Waals surface area contributed by atoms with Crippen LogP contribution in [0.5, 0.6) is 0 Å². The second kappa shape index (κ2) is 11.7. The lowest BCUT2D eigenvalue weighted by Gasteiger charge is -2.29. The molecule has 0 unspecified atom stereocenters. The summed E-state index contributed by atoms with van der Waals surface area (Å²) in [6, 6.07) is 7.43. The number of likely N-dealkylation sites (N-methyl/N-ethyl adjacent to an activating group) is 1. The van der Waals surface area contributed by atoms with Crippen LogP contribution in [0.1, 0.15) is 17.5 Å². The summed E-state index contributed by atoms with van der Waals surface area (Å²) in [6.45, 7) is 3.13. The van der Waals surface area contributed by atoms with Gasteiger partial charge in [-0.15, -0.1) is 11.3 Å². The number of halogens is 3. The van der Waals surface area contributed by atoms with Crippen molar-refractivity contribution >= 4 is 39.3 Å². The fourth-order valence-electron chi connectivity index (χ4n) is 4.11. The number of aromatic nitrogens is 1. The van der Waals surface area contributed by atoms with E-state index in [0.29, 0.717) is 13.1 Å². The fourth-order valence-corrected chi connectivity index (χ4v) is 5.86. The maximum atomic E-state index is 15.1. The van der Waals surface area contributed by atoms with Crippen molar-refractivity contribution < 1.29 is 31.5 Å². The van der Waals surface area contributed by atoms with Crippen molar-refractivity contribution in [3.05, 3.63) is 69.8 Å². The third kappa shape index (κ3) is 6.33. The van der Waals surface area contributed by atoms with E-state index in [1.165, 1.54) is 29.9 Å². The number of benzene rings is 2. The van der Waals surface area contributed by atoms with Crippen LogP contribution in [0, 0.1) is 24.4 Å². The van der Waals surface area contributed by atoms with Crippen molar-refractivity contribution in [3.8, 4) is 0 Å². The van der Waals surface area contributed by atoms with E-state index in [-0.39, 0.29) is 35.4 Å². The molecule has 2 heterocycles. The summed E-state index contributed by atoms with van der Waals surface area (Å²) >= 11 is 1.15. The summed E-state index contributed by atoms with van der Waals surface area (Å²) in [5.41, 5.74) is 2.60. The summed E-state index contributed by atoms with van der Waals surface area (Å²) < 4.78 is 70.8. The number of thiazole rings is 1. The normalized spacial score (nSPS) is 15.8. The maximum absolute atomic E-state index is 15.1. The number of nitrogens with zero attached hydrogens (tertiary/aromatic N) is 3. The van der Waals surface area contributed by atoms with Crippen LogP contribution in [0.15, 0.2) is 46.1 Å². The quantitative estimate of drug-likeness (QED) is 0.434. The Labute approximate surface area is 211 Å². The molecule has 1 atom stereocenters. The van der Waals surface area contributed by atoms with E-state index in [0.717, 1.165) is 35.9 Å². The molecule has 2 aromatic carbocycles. The summed E-state index contributed by atoms with van der Waals surface area (Å²) in [5, 5.41) is 8.32. The van der Waals surface area contributed by atoms with E-state index in [1.54, 1.807) is 18.0 Å². The third-order valence-electron chi connectivity index (χ3n) is 5.80. The van der Waals surface area contributed by atoms with Crippen LogP contribution in [-0.4, -0.2) is 56.1 Å². The van der Waals surface area contributed by atoms with Gasteiger partial charge in [-0.25, -0.2) is 26.6 Å². The van der Waals surface area contributed by atoms with Crippen LogP contribution in [0.2, 0.25) is 0 Å². The Morgan fingerprint density at radius 2 is 2.03 bits per heavy atom. The third-order valence-corrected chi connectivity index (χ3v) is 7.78. The molecule has 0 bridgehead atoms. The fraction of sp³-hybridized carbons (Fsp3) is 0.304. The number of carbonyl (C=O) groups is 1. The predicted octanol–water partition coefficient (Wildman–Crippen LogP) is 4.08. The lowest BCUT2D eigenvalue weighted by molar-refractivity contribution is -0.122. The van der Waals surface area contributed by atoms with Crippen LogP contribution in [0.4, 0.5) is 24.7 Å². The van der Waals surface area contributed by atoms with Crippen molar-refractivity contribution in [1.82, 2.24) is 9.88 Å². The highest BCUT2D eigenvalue weighted by atomic mass is 32.2. The minimum absolute atomic E-state index is 0.00184. The highest BCUT2D eigenvalue weighted by Crippen LogP contribution is 2.33. The molecule has 8 nitrogen and oxygen atoms in total. The molecule has 1 aromatic heterocycles. The van der Waals surface area contributed by atoms with Crippen molar-refractivity contribution in [3.63, 3.8) is 0 Å². The molecule has 0 amide bonds. The van der Waals surface area contributed by atoms with Gasteiger partial charge in [0, 0.05) is 49.4 Å². The maximum Gasteiger partial charge on any atom is 0.290 e. The Morgan fingerprint density at radius 1 is 1.31 bits per heavy atom. The Morgan fingerprint density at radius 3 is 2.67 bits per heavy atom. The van der Waals surface area contributed by atoms with Crippen LogP contribution in [-0.2, 0) is 21.4 Å². The van der Waals surface area contributed by atoms with Crippen LogP contribution in [0.25, 0.3) is 0 Å². The molecule has 1 aliphatic rings. The van der Waals surface area contributed by atoms with Crippen molar-refractivity contribution in [2.45, 2.75) is 30.8 Å². The first-order chi connectivity index (χ1) is 17.1. The number of carboxylic acid groups (broad SMARTS) is 1. The first-order valence-corrected chi connectivity index (χ1v) is 13.2. The second-order valence-electron chi connectivity index (χ2n) is 8.15. The van der Waals surface area contributed by atoms with Crippen molar-refractivity contribution in [2.24, 2.45) is 0 Å². The zero-order chi connectivity index (χ0) is 26.5. The van der Waals surface area contributed by atoms with E-state index >= 15 is 4.39 Å². The number of hydrogen-bond donors (Lipinski definition) is 2. The zero-order valence-electron chi connectivity index (χ0n) is 19.5. The zero-order valence-corrected chi connectivity index (χ0v) is 21.1. The molecule has 0 saturated carbocycles. The molecule has 4 rings (SSSR count). The van der Waals surface area contributed by atoms with Crippen LogP contribution in [0.3, 0.4) is 0 Å². The van der Waals surface area contributed by atoms with Gasteiger partial charge in [0.2, 0.25) is 0 Å². The molecule has 36 heavy (non-hydrogen) atoms. The number of hydrogen-bond acceptors (Lipinski definition) is 7. The molecule has 194 valence electrons. The lowest BCUT2D eigenvalue weighted by Crippen LogP contribution is -2.35. The Kier molecular flexibility index (Phi) is 8.93. The smallest absolute Gasteiger partial charge is 0.290 e. The largest absolute Gasteiger partial charge is 0.483 e. The molecule has 0 aliphatic carbocycles. The highest BCUT2D eigenvalue weighted by molar-refractivity contribution is 7.92. The van der Waals surface area contributed by atoms with Gasteiger partial charge in [-0.3, -0.25) is 14.4 Å². The van der Waals surface area contributed by atoms with E-state index < -0.39 is 26.6 Å². The number of anilines is 2. The van der Waals surface area contributed by atoms with Gasteiger partial charge in [-0.1, -0.05) is 12.1 Å². The SMILES string of the molecule is Cc1c(N(C)[C@H]2CCN(Cc3cccc(F)c3)C2)cc(F)c(S(=O)(=O)Nc2cscn2)c1F.O=CO. The number of sulfonamides is 1. The summed E-state index contributed by atoms with van der Waals surface area (Å²) in [7, 11) is -2.75. The van der Waals surface area contributed by atoms with Gasteiger partial charge < -0.3 is 10.0 Å². The number of rotatable bonds is 7. The van der Waals surface area contributed by atoms with Gasteiger partial charge in [-0.2, -0.15) is 0 Å². The molecule has 1 aliphatic heterocycles. The molecular formula is C23H25F3N4O4S2. The molecule has 0 radical (unpaired) electrons. The predicted molar refractivity (Wildman–Crippen MR) is 131 cm³/mol. The monoisotopic (exact) mass is 542 g/mol. The summed E-state index contributed by atoms with van der Waals surface area (Å²) in [4.78, 5) is 15.1. The number of likely N-dealkylation sites (tertiary alicyclic amines) is 1. The van der Waals surface area contributed by atoms with Crippen LogP contribution >= 0.6 is 11.3 Å². The minimum Gasteiger partial charge on any atom is -0.483 e. The first kappa shape index (κ1) is 27.4. The van der Waals surface area contributed by atoms with Gasteiger partial charge in [0.05, 0.1) is 5.51 Å².